The minimum atomic E-state index is -0.834. The Balaban J connectivity index is 2.17. The summed E-state index contributed by atoms with van der Waals surface area (Å²) in [5, 5.41) is 11.3. The predicted octanol–water partition coefficient (Wildman–Crippen LogP) is 0.781. The minimum Gasteiger partial charge on any atom is -0.481 e. The second-order valence-corrected chi connectivity index (χ2v) is 4.18. The van der Waals surface area contributed by atoms with Crippen LogP contribution in [0.5, 0.6) is 0 Å². The Morgan fingerprint density at radius 2 is 2.25 bits per heavy atom. The maximum absolute atomic E-state index is 11.6. The molecule has 16 heavy (non-hydrogen) atoms. The van der Waals surface area contributed by atoms with E-state index in [1.807, 2.05) is 13.8 Å². The monoisotopic (exact) mass is 229 g/mol. The highest BCUT2D eigenvalue weighted by Crippen LogP contribution is 2.33. The molecule has 1 rings (SSSR count). The van der Waals surface area contributed by atoms with Crippen LogP contribution >= 0.6 is 0 Å². The molecule has 0 saturated heterocycles. The van der Waals surface area contributed by atoms with Crippen molar-refractivity contribution < 1.29 is 19.4 Å². The third-order valence-corrected chi connectivity index (χ3v) is 2.63. The van der Waals surface area contributed by atoms with E-state index in [0.29, 0.717) is 13.0 Å². The lowest BCUT2D eigenvalue weighted by Crippen LogP contribution is -2.34. The fourth-order valence-corrected chi connectivity index (χ4v) is 1.61. The number of amides is 1. The molecule has 0 aromatic carbocycles. The molecule has 0 aliphatic heterocycles. The van der Waals surface area contributed by atoms with Gasteiger partial charge in [-0.3, -0.25) is 9.59 Å². The maximum Gasteiger partial charge on any atom is 0.303 e. The first kappa shape index (κ1) is 13.0. The molecule has 0 aromatic rings. The molecule has 3 unspecified atom stereocenters. The summed E-state index contributed by atoms with van der Waals surface area (Å²) in [4.78, 5) is 21.9. The third-order valence-electron chi connectivity index (χ3n) is 2.63. The van der Waals surface area contributed by atoms with Crippen LogP contribution in [0.25, 0.3) is 0 Å². The van der Waals surface area contributed by atoms with Gasteiger partial charge < -0.3 is 15.2 Å². The summed E-state index contributed by atoms with van der Waals surface area (Å²) in [7, 11) is 0. The van der Waals surface area contributed by atoms with Crippen LogP contribution in [0.1, 0.15) is 33.1 Å². The molecule has 1 saturated carbocycles. The number of rotatable bonds is 7. The molecule has 0 heterocycles. The van der Waals surface area contributed by atoms with Crippen molar-refractivity contribution in [1.82, 2.24) is 5.32 Å². The van der Waals surface area contributed by atoms with Crippen LogP contribution in [0.2, 0.25) is 0 Å². The molecule has 0 spiro atoms. The van der Waals surface area contributed by atoms with Crippen molar-refractivity contribution in [3.63, 3.8) is 0 Å². The topological polar surface area (TPSA) is 75.6 Å². The first-order valence-corrected chi connectivity index (χ1v) is 5.68. The lowest BCUT2D eigenvalue weighted by Gasteiger charge is -2.12. The van der Waals surface area contributed by atoms with Gasteiger partial charge in [0.1, 0.15) is 0 Å². The van der Waals surface area contributed by atoms with Crippen molar-refractivity contribution >= 4 is 11.9 Å². The minimum absolute atomic E-state index is 0.0173. The van der Waals surface area contributed by atoms with Crippen molar-refractivity contribution in [2.75, 3.05) is 6.61 Å². The zero-order valence-corrected chi connectivity index (χ0v) is 9.73. The van der Waals surface area contributed by atoms with E-state index in [2.05, 4.69) is 5.32 Å². The smallest absolute Gasteiger partial charge is 0.303 e. The summed E-state index contributed by atoms with van der Waals surface area (Å²) in [6.07, 6.45) is 1.40. The van der Waals surface area contributed by atoms with Gasteiger partial charge in [-0.2, -0.15) is 0 Å². The molecule has 5 heteroatoms. The fraction of sp³-hybridized carbons (Fsp3) is 0.818. The van der Waals surface area contributed by atoms with Crippen molar-refractivity contribution in [3.8, 4) is 0 Å². The van der Waals surface area contributed by atoms with Gasteiger partial charge in [-0.1, -0.05) is 0 Å². The fourth-order valence-electron chi connectivity index (χ4n) is 1.61. The number of carboxylic acids is 1. The molecule has 5 nitrogen and oxygen atoms in total. The van der Waals surface area contributed by atoms with Crippen LogP contribution in [-0.4, -0.2) is 35.7 Å². The maximum atomic E-state index is 11.6. The average molecular weight is 229 g/mol. The van der Waals surface area contributed by atoms with Crippen LogP contribution in [0.3, 0.4) is 0 Å². The van der Waals surface area contributed by atoms with Gasteiger partial charge in [-0.15, -0.1) is 0 Å². The molecule has 3 atom stereocenters. The number of hydrogen-bond donors (Lipinski definition) is 2. The van der Waals surface area contributed by atoms with E-state index in [0.717, 1.165) is 6.42 Å². The van der Waals surface area contributed by atoms with E-state index in [-0.39, 0.29) is 30.4 Å². The Bertz CT molecular complexity index is 267. The Hall–Kier alpha value is -1.10. The molecule has 92 valence electrons. The predicted molar refractivity (Wildman–Crippen MR) is 58.0 cm³/mol. The van der Waals surface area contributed by atoms with Gasteiger partial charge >= 0.3 is 5.97 Å². The highest BCUT2D eigenvalue weighted by molar-refractivity contribution is 5.82. The van der Waals surface area contributed by atoms with Gasteiger partial charge in [0, 0.05) is 19.1 Å². The summed E-state index contributed by atoms with van der Waals surface area (Å²) >= 11 is 0. The van der Waals surface area contributed by atoms with Crippen LogP contribution in [0.15, 0.2) is 0 Å². The van der Waals surface area contributed by atoms with Gasteiger partial charge in [0.15, 0.2) is 0 Å². The van der Waals surface area contributed by atoms with Gasteiger partial charge in [-0.05, 0) is 26.7 Å². The number of ether oxygens (including phenoxy) is 1. The van der Waals surface area contributed by atoms with Crippen molar-refractivity contribution in [2.45, 2.75) is 45.3 Å². The molecule has 1 aliphatic rings. The molecule has 1 fully saturated rings. The van der Waals surface area contributed by atoms with Crippen molar-refractivity contribution in [1.29, 1.82) is 0 Å². The zero-order valence-electron chi connectivity index (χ0n) is 9.73. The van der Waals surface area contributed by atoms with Gasteiger partial charge in [-0.25, -0.2) is 0 Å². The van der Waals surface area contributed by atoms with E-state index < -0.39 is 5.97 Å². The largest absolute Gasteiger partial charge is 0.481 e. The number of aliphatic carboxylic acids is 1. The molecule has 1 amide bonds. The molecule has 1 aliphatic carbocycles. The first-order valence-electron chi connectivity index (χ1n) is 5.68. The summed E-state index contributed by atoms with van der Waals surface area (Å²) in [5.74, 6) is -0.886. The highest BCUT2D eigenvalue weighted by Gasteiger charge is 2.44. The summed E-state index contributed by atoms with van der Waals surface area (Å²) in [6, 6.07) is -0.0912. The lowest BCUT2D eigenvalue weighted by atomic mass is 10.2. The van der Waals surface area contributed by atoms with Crippen LogP contribution in [0.4, 0.5) is 0 Å². The third kappa shape index (κ3) is 4.18. The second-order valence-electron chi connectivity index (χ2n) is 4.18. The first-order chi connectivity index (χ1) is 7.54. The standard InChI is InChI=1S/C11H19NO4/c1-3-16-9-6-8(9)11(15)12-7(2)4-5-10(13)14/h7-9H,3-6H2,1-2H3,(H,12,15)(H,13,14). The number of carbonyl (C=O) groups excluding carboxylic acids is 1. The molecular weight excluding hydrogens is 210 g/mol. The summed E-state index contributed by atoms with van der Waals surface area (Å²) in [6.45, 7) is 4.35. The molecule has 2 N–H and O–H groups in total. The van der Waals surface area contributed by atoms with Gasteiger partial charge in [0.25, 0.3) is 0 Å². The molecule has 0 bridgehead atoms. The SMILES string of the molecule is CCOC1CC1C(=O)NC(C)CCC(=O)O. The average Bonchev–Trinajstić information content (AvgIpc) is 2.95. The summed E-state index contributed by atoms with van der Waals surface area (Å²) < 4.78 is 5.31. The van der Waals surface area contributed by atoms with Crippen molar-refractivity contribution in [2.24, 2.45) is 5.92 Å². The zero-order chi connectivity index (χ0) is 12.1. The number of carbonyl (C=O) groups is 2. The molecule has 0 aromatic heterocycles. The Morgan fingerprint density at radius 3 is 2.81 bits per heavy atom. The summed E-state index contributed by atoms with van der Waals surface area (Å²) in [5.41, 5.74) is 0. The van der Waals surface area contributed by atoms with Crippen LogP contribution in [0, 0.1) is 5.92 Å². The Labute approximate surface area is 95.2 Å². The lowest BCUT2D eigenvalue weighted by molar-refractivity contribution is -0.137. The van der Waals surface area contributed by atoms with E-state index in [9.17, 15) is 9.59 Å². The molecule has 0 radical (unpaired) electrons. The van der Waals surface area contributed by atoms with E-state index >= 15 is 0 Å². The number of hydrogen-bond acceptors (Lipinski definition) is 3. The van der Waals surface area contributed by atoms with E-state index in [4.69, 9.17) is 9.84 Å². The second kappa shape index (κ2) is 5.84. The highest BCUT2D eigenvalue weighted by atomic mass is 16.5. The van der Waals surface area contributed by atoms with Gasteiger partial charge in [0.2, 0.25) is 5.91 Å². The Kier molecular flexibility index (Phi) is 4.73. The Morgan fingerprint density at radius 1 is 1.56 bits per heavy atom. The van der Waals surface area contributed by atoms with Gasteiger partial charge in [0.05, 0.1) is 12.0 Å². The van der Waals surface area contributed by atoms with Crippen LogP contribution < -0.4 is 5.32 Å². The van der Waals surface area contributed by atoms with Crippen molar-refractivity contribution in [3.05, 3.63) is 0 Å². The normalized spacial score (nSPS) is 24.9. The number of carboxylic acid groups (broad SMARTS) is 1. The quantitative estimate of drug-likeness (QED) is 0.676. The van der Waals surface area contributed by atoms with Crippen LogP contribution in [-0.2, 0) is 14.3 Å². The van der Waals surface area contributed by atoms with E-state index in [1.165, 1.54) is 0 Å². The number of nitrogens with one attached hydrogen (secondary N) is 1. The molecular formula is C11H19NO4. The van der Waals surface area contributed by atoms with E-state index in [1.54, 1.807) is 0 Å².